The molecule has 4 heteroatoms. The first kappa shape index (κ1) is 12.0. The second-order valence-electron chi connectivity index (χ2n) is 3.96. The fraction of sp³-hybridized carbons (Fsp3) is 0.231. The maximum absolute atomic E-state index is 5.92. The van der Waals surface area contributed by atoms with Crippen molar-refractivity contribution in [2.45, 2.75) is 13.1 Å². The average Bonchev–Trinajstić information content (AvgIpc) is 2.30. The normalized spacial score (nSPS) is 10.8. The lowest BCUT2D eigenvalue weighted by molar-refractivity contribution is 0.311. The van der Waals surface area contributed by atoms with Crippen LogP contribution in [0.1, 0.15) is 11.4 Å². The Morgan fingerprint density at radius 3 is 2.53 bits per heavy atom. The van der Waals surface area contributed by atoms with E-state index in [1.807, 2.05) is 31.3 Å². The van der Waals surface area contributed by atoms with Crippen molar-refractivity contribution in [1.29, 1.82) is 0 Å². The van der Waals surface area contributed by atoms with Gasteiger partial charge in [-0.2, -0.15) is 0 Å². The summed E-state index contributed by atoms with van der Waals surface area (Å²) in [7, 11) is 2.04. The SMILES string of the molecule is CN(Cc1ccccn1)Cc1cc(Cl)ccn1. The van der Waals surface area contributed by atoms with Crippen molar-refractivity contribution in [3.63, 3.8) is 0 Å². The maximum atomic E-state index is 5.92. The molecule has 0 atom stereocenters. The molecular weight excluding hydrogens is 234 g/mol. The number of hydrogen-bond donors (Lipinski definition) is 0. The van der Waals surface area contributed by atoms with Gasteiger partial charge in [0.1, 0.15) is 0 Å². The lowest BCUT2D eigenvalue weighted by Gasteiger charge is -2.15. The largest absolute Gasteiger partial charge is 0.295 e. The van der Waals surface area contributed by atoms with E-state index < -0.39 is 0 Å². The summed E-state index contributed by atoms with van der Waals surface area (Å²) in [4.78, 5) is 10.7. The first-order valence-electron chi connectivity index (χ1n) is 5.43. The smallest absolute Gasteiger partial charge is 0.0558 e. The fourth-order valence-corrected chi connectivity index (χ4v) is 1.82. The molecule has 2 aromatic rings. The molecule has 2 rings (SSSR count). The minimum absolute atomic E-state index is 0.723. The van der Waals surface area contributed by atoms with Gasteiger partial charge in [0.25, 0.3) is 0 Å². The molecule has 0 saturated carbocycles. The lowest BCUT2D eigenvalue weighted by Crippen LogP contribution is -2.18. The van der Waals surface area contributed by atoms with Gasteiger partial charge in [-0.15, -0.1) is 0 Å². The third kappa shape index (κ3) is 3.80. The lowest BCUT2D eigenvalue weighted by atomic mass is 10.3. The van der Waals surface area contributed by atoms with E-state index in [1.165, 1.54) is 0 Å². The molecule has 2 heterocycles. The zero-order chi connectivity index (χ0) is 12.1. The monoisotopic (exact) mass is 247 g/mol. The minimum atomic E-state index is 0.723. The molecule has 0 aromatic carbocycles. The van der Waals surface area contributed by atoms with Gasteiger partial charge in [0.2, 0.25) is 0 Å². The summed E-state index contributed by atoms with van der Waals surface area (Å²) < 4.78 is 0. The van der Waals surface area contributed by atoms with Gasteiger partial charge < -0.3 is 0 Å². The first-order valence-corrected chi connectivity index (χ1v) is 5.81. The molecule has 0 unspecified atom stereocenters. The molecule has 0 spiro atoms. The number of pyridine rings is 2. The van der Waals surface area contributed by atoms with Crippen molar-refractivity contribution in [3.8, 4) is 0 Å². The van der Waals surface area contributed by atoms with E-state index in [9.17, 15) is 0 Å². The standard InChI is InChI=1S/C13H14ClN3/c1-17(9-12-4-2-3-6-15-12)10-13-8-11(14)5-7-16-13/h2-8H,9-10H2,1H3. The van der Waals surface area contributed by atoms with Crippen molar-refractivity contribution in [1.82, 2.24) is 14.9 Å². The molecule has 0 N–H and O–H groups in total. The molecule has 3 nitrogen and oxygen atoms in total. The third-order valence-corrected chi connectivity index (χ3v) is 2.60. The number of nitrogens with zero attached hydrogens (tertiary/aromatic N) is 3. The predicted molar refractivity (Wildman–Crippen MR) is 68.7 cm³/mol. The molecule has 0 fully saturated rings. The van der Waals surface area contributed by atoms with Crippen molar-refractivity contribution >= 4 is 11.6 Å². The molecule has 0 aliphatic rings. The van der Waals surface area contributed by atoms with E-state index in [4.69, 9.17) is 11.6 Å². The first-order chi connectivity index (χ1) is 8.24. The Morgan fingerprint density at radius 2 is 1.82 bits per heavy atom. The van der Waals surface area contributed by atoms with Gasteiger partial charge in [0.15, 0.2) is 0 Å². The molecule has 0 amide bonds. The average molecular weight is 248 g/mol. The van der Waals surface area contributed by atoms with Gasteiger partial charge in [-0.1, -0.05) is 17.7 Å². The van der Waals surface area contributed by atoms with Crippen LogP contribution in [-0.2, 0) is 13.1 Å². The zero-order valence-electron chi connectivity index (χ0n) is 9.68. The Balaban J connectivity index is 1.96. The topological polar surface area (TPSA) is 29.0 Å². The van der Waals surface area contributed by atoms with E-state index in [0.29, 0.717) is 0 Å². The summed E-state index contributed by atoms with van der Waals surface area (Å²) in [6, 6.07) is 9.60. The second-order valence-corrected chi connectivity index (χ2v) is 4.40. The second kappa shape index (κ2) is 5.75. The predicted octanol–water partition coefficient (Wildman–Crippen LogP) is 2.76. The summed E-state index contributed by atoms with van der Waals surface area (Å²) in [5.74, 6) is 0. The summed E-state index contributed by atoms with van der Waals surface area (Å²) in [6.45, 7) is 1.56. The molecule has 0 aliphatic heterocycles. The number of rotatable bonds is 4. The van der Waals surface area contributed by atoms with E-state index in [1.54, 1.807) is 18.5 Å². The molecule has 0 bridgehead atoms. The van der Waals surface area contributed by atoms with Crippen molar-refractivity contribution in [2.24, 2.45) is 0 Å². The highest BCUT2D eigenvalue weighted by Gasteiger charge is 2.03. The van der Waals surface area contributed by atoms with Gasteiger partial charge in [-0.3, -0.25) is 14.9 Å². The summed E-state index contributed by atoms with van der Waals surface area (Å²) in [6.07, 6.45) is 3.53. The van der Waals surface area contributed by atoms with Crippen LogP contribution < -0.4 is 0 Å². The van der Waals surface area contributed by atoms with E-state index in [0.717, 1.165) is 29.5 Å². The van der Waals surface area contributed by atoms with Crippen LogP contribution in [0, 0.1) is 0 Å². The quantitative estimate of drug-likeness (QED) is 0.832. The van der Waals surface area contributed by atoms with Gasteiger partial charge in [0.05, 0.1) is 11.4 Å². The van der Waals surface area contributed by atoms with E-state index in [-0.39, 0.29) is 0 Å². The number of halogens is 1. The molecule has 0 saturated heterocycles. The van der Waals surface area contributed by atoms with E-state index in [2.05, 4.69) is 14.9 Å². The van der Waals surface area contributed by atoms with Crippen molar-refractivity contribution in [2.75, 3.05) is 7.05 Å². The van der Waals surface area contributed by atoms with Crippen LogP contribution in [0.15, 0.2) is 42.7 Å². The van der Waals surface area contributed by atoms with E-state index >= 15 is 0 Å². The molecule has 17 heavy (non-hydrogen) atoms. The van der Waals surface area contributed by atoms with Crippen LogP contribution in [0.4, 0.5) is 0 Å². The highest BCUT2D eigenvalue weighted by molar-refractivity contribution is 6.30. The van der Waals surface area contributed by atoms with Gasteiger partial charge in [-0.05, 0) is 31.3 Å². The molecule has 0 aliphatic carbocycles. The Bertz CT molecular complexity index is 473. The highest BCUT2D eigenvalue weighted by atomic mass is 35.5. The van der Waals surface area contributed by atoms with Crippen molar-refractivity contribution in [3.05, 3.63) is 59.1 Å². The Hall–Kier alpha value is -1.45. The number of hydrogen-bond acceptors (Lipinski definition) is 3. The number of aromatic nitrogens is 2. The van der Waals surface area contributed by atoms with Crippen LogP contribution in [0.25, 0.3) is 0 Å². The summed E-state index contributed by atoms with van der Waals surface area (Å²) >= 11 is 5.92. The van der Waals surface area contributed by atoms with Gasteiger partial charge in [-0.25, -0.2) is 0 Å². The molecule has 88 valence electrons. The van der Waals surface area contributed by atoms with Crippen LogP contribution in [0.3, 0.4) is 0 Å². The Labute approximate surface area is 106 Å². The van der Waals surface area contributed by atoms with Crippen LogP contribution >= 0.6 is 11.6 Å². The molecular formula is C13H14ClN3. The Kier molecular flexibility index (Phi) is 4.07. The van der Waals surface area contributed by atoms with Crippen molar-refractivity contribution < 1.29 is 0 Å². The minimum Gasteiger partial charge on any atom is -0.295 e. The molecule has 2 aromatic heterocycles. The third-order valence-electron chi connectivity index (χ3n) is 2.37. The van der Waals surface area contributed by atoms with Crippen LogP contribution in [-0.4, -0.2) is 21.9 Å². The maximum Gasteiger partial charge on any atom is 0.0558 e. The van der Waals surface area contributed by atoms with Gasteiger partial charge >= 0.3 is 0 Å². The summed E-state index contributed by atoms with van der Waals surface area (Å²) in [5.41, 5.74) is 2.02. The highest BCUT2D eigenvalue weighted by Crippen LogP contribution is 2.10. The van der Waals surface area contributed by atoms with Crippen LogP contribution in [0.2, 0.25) is 5.02 Å². The van der Waals surface area contributed by atoms with Crippen LogP contribution in [0.5, 0.6) is 0 Å². The zero-order valence-corrected chi connectivity index (χ0v) is 10.4. The molecule has 0 radical (unpaired) electrons. The Morgan fingerprint density at radius 1 is 1.06 bits per heavy atom. The fourth-order valence-electron chi connectivity index (χ4n) is 1.64. The van der Waals surface area contributed by atoms with Gasteiger partial charge in [0, 0.05) is 30.5 Å². The summed E-state index contributed by atoms with van der Waals surface area (Å²) in [5, 5.41) is 0.723.